The summed E-state index contributed by atoms with van der Waals surface area (Å²) in [5, 5.41) is 3.95. The van der Waals surface area contributed by atoms with Crippen molar-refractivity contribution < 1.29 is 4.74 Å². The van der Waals surface area contributed by atoms with Crippen molar-refractivity contribution in [2.75, 3.05) is 13.6 Å². The van der Waals surface area contributed by atoms with E-state index in [-0.39, 0.29) is 6.10 Å². The van der Waals surface area contributed by atoms with Crippen LogP contribution in [-0.4, -0.2) is 13.6 Å². The van der Waals surface area contributed by atoms with Gasteiger partial charge in [0.15, 0.2) is 0 Å². The van der Waals surface area contributed by atoms with Crippen LogP contribution in [0.25, 0.3) is 11.1 Å². The lowest BCUT2D eigenvalue weighted by molar-refractivity contribution is 0.188. The highest BCUT2D eigenvalue weighted by Crippen LogP contribution is 2.44. The minimum Gasteiger partial charge on any atom is -0.485 e. The SMILES string of the molecule is CNCCCC1Oc2ccccc2-c2ccc(Cl)cc21. The van der Waals surface area contributed by atoms with Crippen LogP contribution in [0.1, 0.15) is 24.5 Å². The fourth-order valence-electron chi connectivity index (χ4n) is 2.73. The highest BCUT2D eigenvalue weighted by molar-refractivity contribution is 6.30. The first kappa shape index (κ1) is 13.5. The van der Waals surface area contributed by atoms with Crippen molar-refractivity contribution in [3.63, 3.8) is 0 Å². The Morgan fingerprint density at radius 2 is 2.00 bits per heavy atom. The molecule has 2 nitrogen and oxygen atoms in total. The van der Waals surface area contributed by atoms with Crippen molar-refractivity contribution in [2.24, 2.45) is 0 Å². The lowest BCUT2D eigenvalue weighted by Gasteiger charge is -2.29. The van der Waals surface area contributed by atoms with E-state index in [2.05, 4.69) is 17.4 Å². The summed E-state index contributed by atoms with van der Waals surface area (Å²) < 4.78 is 6.17. The van der Waals surface area contributed by atoms with Gasteiger partial charge in [0.25, 0.3) is 0 Å². The molecule has 0 bridgehead atoms. The molecule has 0 aromatic heterocycles. The molecule has 0 radical (unpaired) electrons. The zero-order valence-corrected chi connectivity index (χ0v) is 12.3. The van der Waals surface area contributed by atoms with Crippen LogP contribution >= 0.6 is 11.6 Å². The molecule has 1 unspecified atom stereocenters. The van der Waals surface area contributed by atoms with E-state index in [1.165, 1.54) is 11.1 Å². The molecule has 1 atom stereocenters. The molecule has 0 saturated heterocycles. The average molecular weight is 288 g/mol. The third kappa shape index (κ3) is 2.54. The standard InChI is InChI=1S/C17H18ClNO/c1-19-10-4-7-17-15-11-12(18)8-9-13(15)14-5-2-3-6-16(14)20-17/h2-3,5-6,8-9,11,17,19H,4,7,10H2,1H3. The molecule has 0 fully saturated rings. The van der Waals surface area contributed by atoms with E-state index in [4.69, 9.17) is 16.3 Å². The Balaban J connectivity index is 1.99. The summed E-state index contributed by atoms with van der Waals surface area (Å²) in [7, 11) is 1.97. The molecule has 104 valence electrons. The van der Waals surface area contributed by atoms with Gasteiger partial charge in [-0.25, -0.2) is 0 Å². The monoisotopic (exact) mass is 287 g/mol. The van der Waals surface area contributed by atoms with Crippen LogP contribution in [0.3, 0.4) is 0 Å². The molecule has 0 saturated carbocycles. The molecule has 0 aliphatic carbocycles. The van der Waals surface area contributed by atoms with Crippen LogP contribution in [0, 0.1) is 0 Å². The topological polar surface area (TPSA) is 21.3 Å². The summed E-state index contributed by atoms with van der Waals surface area (Å²) in [6.45, 7) is 0.997. The highest BCUT2D eigenvalue weighted by atomic mass is 35.5. The molecule has 3 rings (SSSR count). The van der Waals surface area contributed by atoms with Crippen molar-refractivity contribution >= 4 is 11.6 Å². The Hall–Kier alpha value is -1.51. The van der Waals surface area contributed by atoms with E-state index in [1.807, 2.05) is 37.4 Å². The number of benzene rings is 2. The molecule has 1 heterocycles. The fourth-order valence-corrected chi connectivity index (χ4v) is 2.91. The van der Waals surface area contributed by atoms with E-state index in [0.29, 0.717) is 0 Å². The first-order valence-corrected chi connectivity index (χ1v) is 7.37. The molecule has 2 aromatic carbocycles. The van der Waals surface area contributed by atoms with Crippen LogP contribution in [0.5, 0.6) is 5.75 Å². The molecule has 1 N–H and O–H groups in total. The number of fused-ring (bicyclic) bond motifs is 3. The molecular weight excluding hydrogens is 270 g/mol. The largest absolute Gasteiger partial charge is 0.485 e. The summed E-state index contributed by atoms with van der Waals surface area (Å²) in [6.07, 6.45) is 2.16. The van der Waals surface area contributed by atoms with Crippen molar-refractivity contribution in [3.8, 4) is 16.9 Å². The first-order valence-electron chi connectivity index (χ1n) is 6.99. The number of halogens is 1. The smallest absolute Gasteiger partial charge is 0.128 e. The molecule has 3 heteroatoms. The Morgan fingerprint density at radius 1 is 1.15 bits per heavy atom. The highest BCUT2D eigenvalue weighted by Gasteiger charge is 2.25. The van der Waals surface area contributed by atoms with Crippen molar-refractivity contribution in [1.82, 2.24) is 5.32 Å². The van der Waals surface area contributed by atoms with Gasteiger partial charge in [-0.2, -0.15) is 0 Å². The molecule has 1 aliphatic rings. The van der Waals surface area contributed by atoms with Crippen LogP contribution in [0.15, 0.2) is 42.5 Å². The Bertz CT molecular complexity index is 612. The van der Waals surface area contributed by atoms with Crippen LogP contribution in [0.4, 0.5) is 0 Å². The van der Waals surface area contributed by atoms with Gasteiger partial charge in [-0.15, -0.1) is 0 Å². The maximum absolute atomic E-state index is 6.17. The second kappa shape index (κ2) is 5.86. The maximum atomic E-state index is 6.17. The second-order valence-electron chi connectivity index (χ2n) is 5.08. The van der Waals surface area contributed by atoms with Crippen molar-refractivity contribution in [2.45, 2.75) is 18.9 Å². The maximum Gasteiger partial charge on any atom is 0.128 e. The van der Waals surface area contributed by atoms with E-state index in [1.54, 1.807) is 0 Å². The van der Waals surface area contributed by atoms with Gasteiger partial charge in [0.05, 0.1) is 0 Å². The molecule has 1 aliphatic heterocycles. The van der Waals surface area contributed by atoms with Crippen LogP contribution in [-0.2, 0) is 0 Å². The summed E-state index contributed by atoms with van der Waals surface area (Å²) >= 11 is 6.16. The minimum atomic E-state index is 0.0898. The zero-order chi connectivity index (χ0) is 13.9. The zero-order valence-electron chi connectivity index (χ0n) is 11.5. The predicted molar refractivity (Wildman–Crippen MR) is 83.4 cm³/mol. The van der Waals surface area contributed by atoms with Crippen molar-refractivity contribution in [1.29, 1.82) is 0 Å². The van der Waals surface area contributed by atoms with E-state index in [9.17, 15) is 0 Å². The van der Waals surface area contributed by atoms with Gasteiger partial charge >= 0.3 is 0 Å². The minimum absolute atomic E-state index is 0.0898. The van der Waals surface area contributed by atoms with E-state index < -0.39 is 0 Å². The Kier molecular flexibility index (Phi) is 3.95. The average Bonchev–Trinajstić information content (AvgIpc) is 2.47. The van der Waals surface area contributed by atoms with Gasteiger partial charge in [-0.05, 0) is 50.2 Å². The summed E-state index contributed by atoms with van der Waals surface area (Å²) in [4.78, 5) is 0. The fraction of sp³-hybridized carbons (Fsp3) is 0.294. The van der Waals surface area contributed by atoms with Crippen molar-refractivity contribution in [3.05, 3.63) is 53.1 Å². The number of hydrogen-bond acceptors (Lipinski definition) is 2. The van der Waals surface area contributed by atoms with Gasteiger partial charge in [-0.1, -0.05) is 35.9 Å². The third-order valence-electron chi connectivity index (χ3n) is 3.70. The van der Waals surface area contributed by atoms with Gasteiger partial charge in [-0.3, -0.25) is 0 Å². The normalized spacial score (nSPS) is 16.2. The number of nitrogens with one attached hydrogen (secondary N) is 1. The molecular formula is C17H18ClNO. The Labute approximate surface area is 124 Å². The molecule has 20 heavy (non-hydrogen) atoms. The first-order chi connectivity index (χ1) is 9.79. The number of ether oxygens (including phenoxy) is 1. The number of hydrogen-bond donors (Lipinski definition) is 1. The second-order valence-corrected chi connectivity index (χ2v) is 5.52. The van der Waals surface area contributed by atoms with Gasteiger partial charge in [0.1, 0.15) is 11.9 Å². The van der Waals surface area contributed by atoms with Gasteiger partial charge < -0.3 is 10.1 Å². The molecule has 2 aromatic rings. The number of rotatable bonds is 4. The molecule has 0 amide bonds. The quantitative estimate of drug-likeness (QED) is 0.840. The lowest BCUT2D eigenvalue weighted by atomic mass is 9.91. The number of para-hydroxylation sites is 1. The lowest BCUT2D eigenvalue weighted by Crippen LogP contribution is -2.16. The summed E-state index contributed by atoms with van der Waals surface area (Å²) in [5.74, 6) is 0.969. The van der Waals surface area contributed by atoms with Crippen LogP contribution in [0.2, 0.25) is 5.02 Å². The van der Waals surface area contributed by atoms with E-state index in [0.717, 1.165) is 35.7 Å². The summed E-state index contributed by atoms with van der Waals surface area (Å²) in [6, 6.07) is 14.3. The van der Waals surface area contributed by atoms with Gasteiger partial charge in [0.2, 0.25) is 0 Å². The third-order valence-corrected chi connectivity index (χ3v) is 3.94. The van der Waals surface area contributed by atoms with E-state index >= 15 is 0 Å². The predicted octanol–water partition coefficient (Wildman–Crippen LogP) is 4.44. The van der Waals surface area contributed by atoms with Crippen LogP contribution < -0.4 is 10.1 Å². The Morgan fingerprint density at radius 3 is 2.85 bits per heavy atom. The summed E-state index contributed by atoms with van der Waals surface area (Å²) in [5.41, 5.74) is 3.60. The van der Waals surface area contributed by atoms with Gasteiger partial charge in [0, 0.05) is 16.1 Å². The molecule has 0 spiro atoms.